The molecular weight excluding hydrogens is 745 g/mol. The van der Waals surface area contributed by atoms with Crippen molar-refractivity contribution in [3.05, 3.63) is 223 Å². The molecule has 1 aliphatic heterocycles. The lowest BCUT2D eigenvalue weighted by atomic mass is 9.96. The molecule has 0 aliphatic carbocycles. The van der Waals surface area contributed by atoms with Crippen LogP contribution in [0.3, 0.4) is 0 Å². The van der Waals surface area contributed by atoms with Crippen LogP contribution in [0.2, 0.25) is 0 Å². The van der Waals surface area contributed by atoms with Gasteiger partial charge < -0.3 is 14.3 Å². The number of nitrogens with zero attached hydrogens (tertiary/aromatic N) is 3. The Morgan fingerprint density at radius 1 is 0.475 bits per heavy atom. The summed E-state index contributed by atoms with van der Waals surface area (Å²) in [5.74, 6) is 1.32. The highest BCUT2D eigenvalue weighted by atomic mass is 16.3. The van der Waals surface area contributed by atoms with Crippen LogP contribution in [0, 0.1) is 0 Å². The summed E-state index contributed by atoms with van der Waals surface area (Å²) >= 11 is 0. The molecule has 5 heteroatoms. The molecule has 3 heterocycles. The zero-order valence-electron chi connectivity index (χ0n) is 33.4. The van der Waals surface area contributed by atoms with Gasteiger partial charge >= 0.3 is 0 Å². The van der Waals surface area contributed by atoms with Gasteiger partial charge in [0.05, 0.1) is 16.6 Å². The van der Waals surface area contributed by atoms with Crippen molar-refractivity contribution >= 4 is 66.2 Å². The maximum absolute atomic E-state index is 6.82. The second kappa shape index (κ2) is 13.8. The summed E-state index contributed by atoms with van der Waals surface area (Å²) in [4.78, 5) is 10.8. The maximum Gasteiger partial charge on any atom is 0.159 e. The van der Waals surface area contributed by atoms with Crippen molar-refractivity contribution < 1.29 is 4.42 Å². The third-order valence-corrected chi connectivity index (χ3v) is 12.2. The maximum atomic E-state index is 6.82. The third kappa shape index (κ3) is 5.85. The van der Waals surface area contributed by atoms with E-state index in [1.54, 1.807) is 0 Å². The number of nitrogens with one attached hydrogen (secondary N) is 1. The number of para-hydroxylation sites is 2. The molecule has 61 heavy (non-hydrogen) atoms. The highest BCUT2D eigenvalue weighted by Gasteiger charge is 2.34. The summed E-state index contributed by atoms with van der Waals surface area (Å²) in [5.41, 5.74) is 11.4. The molecule has 0 fully saturated rings. The van der Waals surface area contributed by atoms with Gasteiger partial charge in [0.15, 0.2) is 11.5 Å². The third-order valence-electron chi connectivity index (χ3n) is 12.2. The molecule has 1 N–H and O–H groups in total. The van der Waals surface area contributed by atoms with Gasteiger partial charge in [0, 0.05) is 32.8 Å². The minimum atomic E-state index is -0.875. The number of hydrogen-bond donors (Lipinski definition) is 1. The zero-order chi connectivity index (χ0) is 40.5. The molecule has 0 radical (unpaired) electrons. The van der Waals surface area contributed by atoms with Crippen molar-refractivity contribution in [2.45, 2.75) is 12.6 Å². The summed E-state index contributed by atoms with van der Waals surface area (Å²) < 4.78 is 9.21. The van der Waals surface area contributed by atoms with Gasteiger partial charge in [0.1, 0.15) is 17.0 Å². The molecule has 9 aromatic carbocycles. The molecule has 0 amide bonds. The Labute approximate surface area is 352 Å². The molecule has 2 aromatic heterocycles. The van der Waals surface area contributed by atoms with E-state index in [0.29, 0.717) is 11.7 Å². The van der Waals surface area contributed by atoms with E-state index in [1.807, 2.05) is 24.3 Å². The predicted molar refractivity (Wildman–Crippen MR) is 253 cm³/mol. The number of aliphatic imine (C=N–C) groups is 2. The zero-order valence-corrected chi connectivity index (χ0v) is 33.4. The monoisotopic (exact) mass is 782 g/mol. The fourth-order valence-electron chi connectivity index (χ4n) is 9.13. The van der Waals surface area contributed by atoms with Crippen molar-refractivity contribution in [1.29, 1.82) is 0 Å². The Morgan fingerprint density at radius 3 is 1.77 bits per heavy atom. The number of fused-ring (bicyclic) bond motifs is 7. The van der Waals surface area contributed by atoms with Gasteiger partial charge in [0.25, 0.3) is 0 Å². The number of benzene rings is 9. The standard InChI is InChI=1S/C56H38N4O/c1-56(43-30-28-39(29-31-43)37-16-6-3-7-17-37)58-54(40-26-24-38(25-27-40)36-14-4-2-5-15-36)57-55(59-56)49-35-44(34-48-46-21-11-13-23-52(46)61-53(48)49)60-50-22-12-10-20-45(50)47-32-41-18-8-9-19-42(41)33-51(47)60/h2-35H,1H3,(H,57,58,59). The van der Waals surface area contributed by atoms with E-state index in [9.17, 15) is 0 Å². The Bertz CT molecular complexity index is 3540. The van der Waals surface area contributed by atoms with Gasteiger partial charge in [-0.25, -0.2) is 9.98 Å². The molecule has 1 unspecified atom stereocenters. The number of hydrogen-bond acceptors (Lipinski definition) is 4. The number of rotatable bonds is 6. The number of amidine groups is 2. The predicted octanol–water partition coefficient (Wildman–Crippen LogP) is 13.8. The van der Waals surface area contributed by atoms with Gasteiger partial charge in [-0.05, 0) is 81.9 Å². The summed E-state index contributed by atoms with van der Waals surface area (Å²) in [6, 6.07) is 72.9. The van der Waals surface area contributed by atoms with E-state index in [2.05, 4.69) is 199 Å². The van der Waals surface area contributed by atoms with Crippen LogP contribution in [0.25, 0.3) is 82.5 Å². The molecular formula is C56H38N4O. The van der Waals surface area contributed by atoms with E-state index in [1.165, 1.54) is 27.1 Å². The van der Waals surface area contributed by atoms with Crippen molar-refractivity contribution in [2.24, 2.45) is 9.98 Å². The Kier molecular flexibility index (Phi) is 7.91. The largest absolute Gasteiger partial charge is 0.455 e. The molecule has 1 atom stereocenters. The topological polar surface area (TPSA) is 54.8 Å². The Hall–Kier alpha value is -8.02. The minimum Gasteiger partial charge on any atom is -0.455 e. The van der Waals surface area contributed by atoms with Crippen LogP contribution in [-0.4, -0.2) is 16.2 Å². The van der Waals surface area contributed by atoms with E-state index in [4.69, 9.17) is 14.4 Å². The molecule has 0 bridgehead atoms. The van der Waals surface area contributed by atoms with Crippen molar-refractivity contribution in [1.82, 2.24) is 9.88 Å². The van der Waals surface area contributed by atoms with Crippen LogP contribution in [0.5, 0.6) is 0 Å². The van der Waals surface area contributed by atoms with Gasteiger partial charge in [0.2, 0.25) is 0 Å². The first kappa shape index (κ1) is 35.0. The molecule has 1 aliphatic rings. The van der Waals surface area contributed by atoms with Gasteiger partial charge in [-0.1, -0.05) is 170 Å². The summed E-state index contributed by atoms with van der Waals surface area (Å²) in [6.07, 6.45) is 0. The van der Waals surface area contributed by atoms with Crippen molar-refractivity contribution in [3.8, 4) is 27.9 Å². The van der Waals surface area contributed by atoms with Crippen molar-refractivity contribution in [2.75, 3.05) is 0 Å². The van der Waals surface area contributed by atoms with Crippen LogP contribution in [0.15, 0.2) is 221 Å². The number of furan rings is 1. The van der Waals surface area contributed by atoms with E-state index in [0.717, 1.165) is 72.0 Å². The van der Waals surface area contributed by atoms with Gasteiger partial charge in [-0.3, -0.25) is 0 Å². The highest BCUT2D eigenvalue weighted by Crippen LogP contribution is 2.40. The second-order valence-electron chi connectivity index (χ2n) is 16.0. The molecule has 5 nitrogen and oxygen atoms in total. The lowest BCUT2D eigenvalue weighted by Crippen LogP contribution is -2.46. The first-order valence-electron chi connectivity index (χ1n) is 20.7. The molecule has 288 valence electrons. The summed E-state index contributed by atoms with van der Waals surface area (Å²) in [6.45, 7) is 2.13. The van der Waals surface area contributed by atoms with Crippen molar-refractivity contribution in [3.63, 3.8) is 0 Å². The summed E-state index contributed by atoms with van der Waals surface area (Å²) in [7, 11) is 0. The first-order chi connectivity index (χ1) is 30.1. The second-order valence-corrected chi connectivity index (χ2v) is 16.0. The van der Waals surface area contributed by atoms with Crippen LogP contribution < -0.4 is 5.32 Å². The van der Waals surface area contributed by atoms with E-state index >= 15 is 0 Å². The SMILES string of the molecule is CC1(c2ccc(-c3ccccc3)cc2)N=C(c2ccc(-c3ccccc3)cc2)N=C(c2cc(-n3c4ccccc4c4cc5ccccc5cc43)cc3c2oc2ccccc23)N1. The first-order valence-corrected chi connectivity index (χ1v) is 20.7. The Balaban J connectivity index is 1.08. The van der Waals surface area contributed by atoms with Gasteiger partial charge in [-0.15, -0.1) is 0 Å². The molecule has 12 rings (SSSR count). The quantitative estimate of drug-likeness (QED) is 0.183. The van der Waals surface area contributed by atoms with Crippen LogP contribution in [0.1, 0.15) is 23.6 Å². The molecule has 0 spiro atoms. The molecule has 0 saturated carbocycles. The molecule has 11 aromatic rings. The average molecular weight is 783 g/mol. The lowest BCUT2D eigenvalue weighted by molar-refractivity contribution is 0.455. The molecule has 0 saturated heterocycles. The van der Waals surface area contributed by atoms with E-state index < -0.39 is 5.66 Å². The van der Waals surface area contributed by atoms with Crippen LogP contribution in [-0.2, 0) is 5.66 Å². The van der Waals surface area contributed by atoms with Gasteiger partial charge in [-0.2, -0.15) is 0 Å². The number of aromatic nitrogens is 1. The fourth-order valence-corrected chi connectivity index (χ4v) is 9.13. The Morgan fingerprint density at radius 2 is 1.05 bits per heavy atom. The van der Waals surface area contributed by atoms with Crippen LogP contribution in [0.4, 0.5) is 0 Å². The highest BCUT2D eigenvalue weighted by molar-refractivity contribution is 6.21. The van der Waals surface area contributed by atoms with E-state index in [-0.39, 0.29) is 0 Å². The smallest absolute Gasteiger partial charge is 0.159 e. The fraction of sp³-hybridized carbons (Fsp3) is 0.0357. The summed E-state index contributed by atoms with van der Waals surface area (Å²) in [5, 5.41) is 10.8. The minimum absolute atomic E-state index is 0.640. The normalized spacial score (nSPS) is 15.4. The van der Waals surface area contributed by atoms with Crippen LogP contribution >= 0.6 is 0 Å². The average Bonchev–Trinajstić information content (AvgIpc) is 3.86. The lowest BCUT2D eigenvalue weighted by Gasteiger charge is -2.33.